The summed E-state index contributed by atoms with van der Waals surface area (Å²) in [5.41, 5.74) is 0.694. The monoisotopic (exact) mass is 435 g/mol. The van der Waals surface area contributed by atoms with Crippen molar-refractivity contribution in [3.05, 3.63) is 105 Å². The third kappa shape index (κ3) is 5.04. The topological polar surface area (TPSA) is 73.1 Å². The maximum absolute atomic E-state index is 13.4. The molecule has 1 aromatic heterocycles. The van der Waals surface area contributed by atoms with Crippen LogP contribution < -0.4 is 16.6 Å². The fourth-order valence-corrected chi connectivity index (χ4v) is 4.40. The molecule has 6 nitrogen and oxygen atoms in total. The molecule has 0 saturated heterocycles. The number of nitrogens with zero attached hydrogens (tertiary/aromatic N) is 2. The zero-order valence-corrected chi connectivity index (χ0v) is 17.7. The molecule has 4 rings (SSSR count). The van der Waals surface area contributed by atoms with E-state index in [2.05, 4.69) is 5.32 Å². The first-order valence-corrected chi connectivity index (χ1v) is 10.9. The van der Waals surface area contributed by atoms with Gasteiger partial charge < -0.3 is 5.32 Å². The molecular formula is C25H26FN3O3. The molecule has 1 amide bonds. The number of halogens is 1. The number of aromatic nitrogens is 2. The van der Waals surface area contributed by atoms with Gasteiger partial charge in [0.05, 0.1) is 12.6 Å². The Morgan fingerprint density at radius 1 is 1.00 bits per heavy atom. The van der Waals surface area contributed by atoms with Crippen LogP contribution in [0.25, 0.3) is 0 Å². The Hall–Kier alpha value is -3.48. The fourth-order valence-electron chi connectivity index (χ4n) is 4.40. The van der Waals surface area contributed by atoms with Gasteiger partial charge in [0.1, 0.15) is 12.4 Å². The normalized spacial score (nSPS) is 14.9. The van der Waals surface area contributed by atoms with E-state index in [0.717, 1.165) is 41.4 Å². The summed E-state index contributed by atoms with van der Waals surface area (Å²) < 4.78 is 15.8. The second-order valence-corrected chi connectivity index (χ2v) is 8.28. The molecule has 1 saturated carbocycles. The largest absolute Gasteiger partial charge is 0.347 e. The number of amides is 1. The summed E-state index contributed by atoms with van der Waals surface area (Å²) in [6.45, 7) is -0.0560. The lowest BCUT2D eigenvalue weighted by Gasteiger charge is -2.25. The highest BCUT2D eigenvalue weighted by Crippen LogP contribution is 2.35. The molecule has 1 heterocycles. The van der Waals surface area contributed by atoms with Crippen LogP contribution in [0.3, 0.4) is 0 Å². The summed E-state index contributed by atoms with van der Waals surface area (Å²) >= 11 is 0. The highest BCUT2D eigenvalue weighted by Gasteiger charge is 2.28. The van der Waals surface area contributed by atoms with E-state index in [1.54, 1.807) is 12.1 Å². The molecule has 166 valence electrons. The lowest BCUT2D eigenvalue weighted by molar-refractivity contribution is -0.123. The van der Waals surface area contributed by atoms with Gasteiger partial charge in [0.2, 0.25) is 5.91 Å². The number of carbonyl (C=O) groups excluding carboxylic acids is 1. The van der Waals surface area contributed by atoms with Crippen molar-refractivity contribution in [2.75, 3.05) is 0 Å². The van der Waals surface area contributed by atoms with E-state index in [9.17, 15) is 18.8 Å². The molecule has 0 bridgehead atoms. The molecule has 0 radical (unpaired) electrons. The average Bonchev–Trinajstić information content (AvgIpc) is 3.33. The molecule has 2 aromatic carbocycles. The standard InChI is InChI=1S/C25H26FN3O3/c26-21-12-10-20(11-13-21)24(19-8-4-5-9-19)27-22(30)17-29-23(31)14-15-28(25(29)32)16-18-6-2-1-3-7-18/h1-3,6-7,10-15,19,24H,4-5,8-9,16-17H2,(H,27,30). The molecule has 1 fully saturated rings. The molecule has 1 atom stereocenters. The summed E-state index contributed by atoms with van der Waals surface area (Å²) in [4.78, 5) is 38.1. The molecule has 1 aliphatic carbocycles. The van der Waals surface area contributed by atoms with Crippen molar-refractivity contribution < 1.29 is 9.18 Å². The van der Waals surface area contributed by atoms with E-state index in [1.807, 2.05) is 30.3 Å². The maximum atomic E-state index is 13.4. The van der Waals surface area contributed by atoms with Gasteiger partial charge >= 0.3 is 5.69 Å². The molecule has 0 aliphatic heterocycles. The van der Waals surface area contributed by atoms with E-state index in [1.165, 1.54) is 29.0 Å². The van der Waals surface area contributed by atoms with Crippen LogP contribution in [0, 0.1) is 11.7 Å². The van der Waals surface area contributed by atoms with Crippen LogP contribution in [0.15, 0.2) is 76.4 Å². The summed E-state index contributed by atoms with van der Waals surface area (Å²) in [5, 5.41) is 3.00. The lowest BCUT2D eigenvalue weighted by Crippen LogP contribution is -2.44. The first-order valence-electron chi connectivity index (χ1n) is 10.9. The summed E-state index contributed by atoms with van der Waals surface area (Å²) in [7, 11) is 0. The Morgan fingerprint density at radius 2 is 1.69 bits per heavy atom. The Balaban J connectivity index is 1.54. The summed E-state index contributed by atoms with van der Waals surface area (Å²) in [6.07, 6.45) is 5.56. The molecule has 3 aromatic rings. The SMILES string of the molecule is O=C(Cn1c(=O)ccn(Cc2ccccc2)c1=O)NC(c1ccc(F)cc1)C1CCCC1. The van der Waals surface area contributed by atoms with Crippen molar-refractivity contribution in [3.8, 4) is 0 Å². The average molecular weight is 435 g/mol. The third-order valence-corrected chi connectivity index (χ3v) is 6.05. The van der Waals surface area contributed by atoms with Gasteiger partial charge in [-0.2, -0.15) is 0 Å². The van der Waals surface area contributed by atoms with Crippen LogP contribution in [-0.2, 0) is 17.9 Å². The maximum Gasteiger partial charge on any atom is 0.331 e. The van der Waals surface area contributed by atoms with Gasteiger partial charge in [-0.05, 0) is 42.0 Å². The second kappa shape index (κ2) is 9.77. The van der Waals surface area contributed by atoms with Crippen molar-refractivity contribution in [1.82, 2.24) is 14.5 Å². The van der Waals surface area contributed by atoms with Crippen molar-refractivity contribution in [2.45, 2.75) is 44.8 Å². The molecular weight excluding hydrogens is 409 g/mol. The minimum atomic E-state index is -0.532. The van der Waals surface area contributed by atoms with Crippen molar-refractivity contribution in [1.29, 1.82) is 0 Å². The molecule has 1 aliphatic rings. The van der Waals surface area contributed by atoms with Crippen molar-refractivity contribution >= 4 is 5.91 Å². The Bertz CT molecular complexity index is 1180. The predicted octanol–water partition coefficient (Wildman–Crippen LogP) is 3.25. The molecule has 32 heavy (non-hydrogen) atoms. The predicted molar refractivity (Wildman–Crippen MR) is 120 cm³/mol. The zero-order chi connectivity index (χ0) is 22.5. The van der Waals surface area contributed by atoms with Crippen LogP contribution in [0.2, 0.25) is 0 Å². The van der Waals surface area contributed by atoms with E-state index in [0.29, 0.717) is 6.54 Å². The Kier molecular flexibility index (Phi) is 6.63. The van der Waals surface area contributed by atoms with E-state index in [-0.39, 0.29) is 24.3 Å². The molecule has 1 N–H and O–H groups in total. The number of hydrogen-bond acceptors (Lipinski definition) is 3. The minimum Gasteiger partial charge on any atom is -0.347 e. The summed E-state index contributed by atoms with van der Waals surface area (Å²) in [6, 6.07) is 16.6. The first kappa shape index (κ1) is 21.7. The quantitative estimate of drug-likeness (QED) is 0.619. The van der Waals surface area contributed by atoms with Gasteiger partial charge in [0.25, 0.3) is 5.56 Å². The molecule has 1 unspecified atom stereocenters. The van der Waals surface area contributed by atoms with Gasteiger partial charge in [-0.15, -0.1) is 0 Å². The number of rotatable bonds is 7. The lowest BCUT2D eigenvalue weighted by atomic mass is 9.91. The van der Waals surface area contributed by atoms with Gasteiger partial charge in [-0.25, -0.2) is 9.18 Å². The number of benzene rings is 2. The van der Waals surface area contributed by atoms with Crippen molar-refractivity contribution in [2.24, 2.45) is 5.92 Å². The Labute approximate surface area is 185 Å². The van der Waals surface area contributed by atoms with E-state index in [4.69, 9.17) is 0 Å². The highest BCUT2D eigenvalue weighted by molar-refractivity contribution is 5.76. The van der Waals surface area contributed by atoms with E-state index >= 15 is 0 Å². The second-order valence-electron chi connectivity index (χ2n) is 8.28. The molecule has 7 heteroatoms. The minimum absolute atomic E-state index is 0.242. The fraction of sp³-hybridized carbons (Fsp3) is 0.320. The highest BCUT2D eigenvalue weighted by atomic mass is 19.1. The van der Waals surface area contributed by atoms with Crippen LogP contribution in [0.5, 0.6) is 0 Å². The number of nitrogens with one attached hydrogen (secondary N) is 1. The van der Waals surface area contributed by atoms with Gasteiger partial charge in [-0.1, -0.05) is 55.3 Å². The van der Waals surface area contributed by atoms with Gasteiger partial charge in [0.15, 0.2) is 0 Å². The number of carbonyl (C=O) groups is 1. The van der Waals surface area contributed by atoms with E-state index < -0.39 is 17.2 Å². The van der Waals surface area contributed by atoms with Crippen molar-refractivity contribution in [3.63, 3.8) is 0 Å². The van der Waals surface area contributed by atoms with Crippen LogP contribution in [0.1, 0.15) is 42.9 Å². The van der Waals surface area contributed by atoms with Crippen LogP contribution in [0.4, 0.5) is 4.39 Å². The van der Waals surface area contributed by atoms with Gasteiger partial charge in [0, 0.05) is 12.3 Å². The summed E-state index contributed by atoms with van der Waals surface area (Å²) in [5.74, 6) is -0.505. The molecule has 0 spiro atoms. The van der Waals surface area contributed by atoms with Crippen LogP contribution >= 0.6 is 0 Å². The van der Waals surface area contributed by atoms with Crippen LogP contribution in [-0.4, -0.2) is 15.0 Å². The smallest absolute Gasteiger partial charge is 0.331 e. The Morgan fingerprint density at radius 3 is 2.38 bits per heavy atom. The zero-order valence-electron chi connectivity index (χ0n) is 17.7. The third-order valence-electron chi connectivity index (χ3n) is 6.05. The van der Waals surface area contributed by atoms with Gasteiger partial charge in [-0.3, -0.25) is 18.7 Å². The first-order chi connectivity index (χ1) is 15.5. The number of hydrogen-bond donors (Lipinski definition) is 1.